The number of hydrogen-bond acceptors (Lipinski definition) is 6. The van der Waals surface area contributed by atoms with Crippen LogP contribution in [0.3, 0.4) is 0 Å². The summed E-state index contributed by atoms with van der Waals surface area (Å²) in [7, 11) is 0. The number of H-pyrrole nitrogens is 1. The van der Waals surface area contributed by atoms with E-state index < -0.39 is 36.0 Å². The largest absolute Gasteiger partial charge is 0.395 e. The molecule has 0 amide bonds. The number of nitrogens with two attached hydrogens (primary N) is 1. The number of aliphatic hydroxyl groups excluding tert-OH is 2. The Kier molecular flexibility index (Phi) is 3.09. The number of nitrogens with zero attached hydrogens (tertiary/aromatic N) is 1. The molecule has 1 fully saturated rings. The minimum Gasteiger partial charge on any atom is -0.395 e. The number of aliphatic hydroxyl groups is 2. The normalized spacial score (nSPS) is 35.9. The van der Waals surface area contributed by atoms with E-state index in [4.69, 9.17) is 10.8 Å². The van der Waals surface area contributed by atoms with Crippen LogP contribution in [0.15, 0.2) is 11.0 Å². The predicted molar refractivity (Wildman–Crippen MR) is 61.5 cm³/mol. The highest BCUT2D eigenvalue weighted by molar-refractivity contribution is 5.25. The van der Waals surface area contributed by atoms with Gasteiger partial charge in [-0.05, 0) is 6.92 Å². The highest BCUT2D eigenvalue weighted by Crippen LogP contribution is 2.38. The molecule has 0 spiro atoms. The molecule has 7 nitrogen and oxygen atoms in total. The maximum absolute atomic E-state index is 14.4. The van der Waals surface area contributed by atoms with E-state index in [0.29, 0.717) is 0 Å². The summed E-state index contributed by atoms with van der Waals surface area (Å²) in [6.07, 6.45) is -0.250. The van der Waals surface area contributed by atoms with Crippen molar-refractivity contribution in [1.29, 1.82) is 0 Å². The topological polar surface area (TPSA) is 124 Å². The summed E-state index contributed by atoms with van der Waals surface area (Å²) >= 11 is 0. The lowest BCUT2D eigenvalue weighted by Crippen LogP contribution is -2.40. The van der Waals surface area contributed by atoms with Crippen LogP contribution in [0.2, 0.25) is 0 Å². The zero-order chi connectivity index (χ0) is 13.5. The second-order valence-corrected chi connectivity index (χ2v) is 4.54. The molecule has 1 aliphatic rings. The average molecular weight is 258 g/mol. The van der Waals surface area contributed by atoms with Gasteiger partial charge in [-0.1, -0.05) is 0 Å². The van der Waals surface area contributed by atoms with Gasteiger partial charge in [0.1, 0.15) is 6.10 Å². The van der Waals surface area contributed by atoms with Crippen LogP contribution < -0.4 is 16.6 Å². The van der Waals surface area contributed by atoms with E-state index in [2.05, 4.69) is 15.3 Å². The molecular weight excluding hydrogens is 243 g/mol. The van der Waals surface area contributed by atoms with Crippen molar-refractivity contribution in [3.63, 3.8) is 0 Å². The molecule has 2 rings (SSSR count). The minimum atomic E-state index is -2.09. The van der Waals surface area contributed by atoms with Gasteiger partial charge >= 0.3 is 0 Å². The summed E-state index contributed by atoms with van der Waals surface area (Å²) in [5.41, 5.74) is 2.68. The van der Waals surface area contributed by atoms with Crippen molar-refractivity contribution in [2.24, 2.45) is 0 Å². The van der Waals surface area contributed by atoms with E-state index in [1.165, 1.54) is 6.92 Å². The van der Waals surface area contributed by atoms with Crippen LogP contribution in [-0.2, 0) is 0 Å². The molecule has 1 saturated heterocycles. The molecule has 1 aromatic rings. The third kappa shape index (κ3) is 1.88. The van der Waals surface area contributed by atoms with Crippen molar-refractivity contribution in [3.8, 4) is 0 Å². The first-order valence-electron chi connectivity index (χ1n) is 5.46. The van der Waals surface area contributed by atoms with Crippen molar-refractivity contribution in [2.45, 2.75) is 30.8 Å². The molecule has 2 heterocycles. The summed E-state index contributed by atoms with van der Waals surface area (Å²) in [5, 5.41) is 21.5. The number of alkyl halides is 1. The molecule has 4 unspecified atom stereocenters. The van der Waals surface area contributed by atoms with Crippen LogP contribution >= 0.6 is 0 Å². The lowest BCUT2D eigenvalue weighted by Gasteiger charge is -2.24. The van der Waals surface area contributed by atoms with Crippen LogP contribution in [-0.4, -0.2) is 44.6 Å². The van der Waals surface area contributed by atoms with Gasteiger partial charge in [-0.15, -0.1) is 0 Å². The van der Waals surface area contributed by atoms with Crippen molar-refractivity contribution >= 4 is 5.95 Å². The van der Waals surface area contributed by atoms with E-state index in [1.54, 1.807) is 0 Å². The fourth-order valence-corrected chi connectivity index (χ4v) is 2.20. The third-order valence-electron chi connectivity index (χ3n) is 3.26. The van der Waals surface area contributed by atoms with Gasteiger partial charge in [0.25, 0.3) is 5.56 Å². The fraction of sp³-hybridized carbons (Fsp3) is 0.600. The van der Waals surface area contributed by atoms with E-state index in [9.17, 15) is 14.3 Å². The zero-order valence-electron chi connectivity index (χ0n) is 9.72. The molecule has 1 aliphatic heterocycles. The van der Waals surface area contributed by atoms with Gasteiger partial charge in [-0.3, -0.25) is 15.1 Å². The lowest BCUT2D eigenvalue weighted by atomic mass is 9.91. The van der Waals surface area contributed by atoms with E-state index in [-0.39, 0.29) is 11.5 Å². The van der Waals surface area contributed by atoms with Gasteiger partial charge in [-0.25, -0.2) is 9.37 Å². The fourth-order valence-electron chi connectivity index (χ4n) is 2.20. The second kappa shape index (κ2) is 4.30. The zero-order valence-corrected chi connectivity index (χ0v) is 9.72. The molecule has 0 radical (unpaired) electrons. The summed E-state index contributed by atoms with van der Waals surface area (Å²) in [6.45, 7) is 0.734. The number of aromatic nitrogens is 2. The minimum absolute atomic E-state index is 0.0317. The highest BCUT2D eigenvalue weighted by atomic mass is 19.1. The van der Waals surface area contributed by atoms with Gasteiger partial charge < -0.3 is 15.9 Å². The number of hydrogen-bond donors (Lipinski definition) is 5. The third-order valence-corrected chi connectivity index (χ3v) is 3.26. The number of anilines is 1. The molecule has 100 valence electrons. The first kappa shape index (κ1) is 12.9. The molecule has 0 aliphatic carbocycles. The Bertz CT molecular complexity index is 504. The van der Waals surface area contributed by atoms with Crippen molar-refractivity contribution in [3.05, 3.63) is 22.1 Å². The predicted octanol–water partition coefficient (Wildman–Crippen LogP) is -1.55. The van der Waals surface area contributed by atoms with Gasteiger partial charge in [0, 0.05) is 6.20 Å². The summed E-state index contributed by atoms with van der Waals surface area (Å²) in [4.78, 5) is 17.6. The Morgan fingerprint density at radius 2 is 2.33 bits per heavy atom. The quantitative estimate of drug-likeness (QED) is 0.437. The van der Waals surface area contributed by atoms with Gasteiger partial charge in [0.15, 0.2) is 11.6 Å². The Balaban J connectivity index is 2.42. The highest BCUT2D eigenvalue weighted by Gasteiger charge is 2.53. The Labute approximate surface area is 102 Å². The summed E-state index contributed by atoms with van der Waals surface area (Å²) < 4.78 is 14.4. The molecule has 0 saturated carbocycles. The number of nitrogen functional groups attached to an aromatic ring is 1. The van der Waals surface area contributed by atoms with E-state index in [0.717, 1.165) is 6.20 Å². The average Bonchev–Trinajstić information content (AvgIpc) is 2.52. The maximum atomic E-state index is 14.4. The van der Waals surface area contributed by atoms with Crippen LogP contribution in [0.1, 0.15) is 18.5 Å². The standard InChI is InChI=1S/C10H15FN4O3/c1-10(11)6(14-5(3-16)7(10)17)4-2-13-9(12)15-8(4)18/h2,5-7,14,16-17H,3H2,1H3,(H3,12,13,15,18). The van der Waals surface area contributed by atoms with Crippen LogP contribution in [0, 0.1) is 0 Å². The Morgan fingerprint density at radius 3 is 2.83 bits per heavy atom. The summed E-state index contributed by atoms with van der Waals surface area (Å²) in [6, 6.07) is -1.89. The number of aromatic amines is 1. The first-order chi connectivity index (χ1) is 8.37. The lowest BCUT2D eigenvalue weighted by molar-refractivity contribution is 0.00480. The maximum Gasteiger partial charge on any atom is 0.257 e. The second-order valence-electron chi connectivity index (χ2n) is 4.54. The van der Waals surface area contributed by atoms with Crippen molar-refractivity contribution in [2.75, 3.05) is 12.3 Å². The SMILES string of the molecule is CC1(F)C(c2cnc(N)[nH]c2=O)NC(CO)C1O. The molecule has 6 N–H and O–H groups in total. The van der Waals surface area contributed by atoms with Crippen LogP contribution in [0.25, 0.3) is 0 Å². The van der Waals surface area contributed by atoms with Crippen molar-refractivity contribution < 1.29 is 14.6 Å². The van der Waals surface area contributed by atoms with E-state index in [1.807, 2.05) is 0 Å². The molecule has 0 bridgehead atoms. The van der Waals surface area contributed by atoms with Crippen LogP contribution in [0.5, 0.6) is 0 Å². The van der Waals surface area contributed by atoms with Gasteiger partial charge in [-0.2, -0.15) is 0 Å². The molecular formula is C10H15FN4O3. The number of rotatable bonds is 2. The van der Waals surface area contributed by atoms with Crippen LogP contribution in [0.4, 0.5) is 10.3 Å². The Hall–Kier alpha value is -1.51. The molecule has 18 heavy (non-hydrogen) atoms. The monoisotopic (exact) mass is 258 g/mol. The smallest absolute Gasteiger partial charge is 0.257 e. The number of nitrogens with one attached hydrogen (secondary N) is 2. The van der Waals surface area contributed by atoms with Crippen molar-refractivity contribution in [1.82, 2.24) is 15.3 Å². The Morgan fingerprint density at radius 1 is 1.67 bits per heavy atom. The summed E-state index contributed by atoms with van der Waals surface area (Å²) in [5.74, 6) is -0.0680. The first-order valence-corrected chi connectivity index (χ1v) is 5.46. The molecule has 8 heteroatoms. The molecule has 1 aromatic heterocycles. The molecule has 0 aromatic carbocycles. The van der Waals surface area contributed by atoms with Gasteiger partial charge in [0.05, 0.1) is 24.3 Å². The molecule has 4 atom stereocenters. The van der Waals surface area contributed by atoms with Gasteiger partial charge in [0.2, 0.25) is 0 Å². The number of halogens is 1. The van der Waals surface area contributed by atoms with E-state index >= 15 is 0 Å².